The Morgan fingerprint density at radius 3 is 2.44 bits per heavy atom. The van der Waals surface area contributed by atoms with Crippen LogP contribution in [0, 0.1) is 0 Å². The summed E-state index contributed by atoms with van der Waals surface area (Å²) >= 11 is 0. The van der Waals surface area contributed by atoms with Gasteiger partial charge in [-0.2, -0.15) is 0 Å². The summed E-state index contributed by atoms with van der Waals surface area (Å²) in [6, 6.07) is 9.16. The predicted molar refractivity (Wildman–Crippen MR) is 71.1 cm³/mol. The van der Waals surface area contributed by atoms with Gasteiger partial charge in [0.1, 0.15) is 6.04 Å². The fourth-order valence-corrected chi connectivity index (χ4v) is 1.68. The van der Waals surface area contributed by atoms with Crippen LogP contribution in [0.2, 0.25) is 0 Å². The van der Waals surface area contributed by atoms with Crippen LogP contribution in [0.5, 0.6) is 0 Å². The number of rotatable bonds is 6. The molecule has 2 N–H and O–H groups in total. The number of amides is 2. The van der Waals surface area contributed by atoms with Crippen molar-refractivity contribution in [3.63, 3.8) is 0 Å². The van der Waals surface area contributed by atoms with Crippen molar-refractivity contribution in [3.05, 3.63) is 35.9 Å². The molecule has 2 amide bonds. The third kappa shape index (κ3) is 4.99. The average Bonchev–Trinajstić information content (AvgIpc) is 2.36. The van der Waals surface area contributed by atoms with Gasteiger partial charge >= 0.3 is 0 Å². The predicted octanol–water partition coefficient (Wildman–Crippen LogP) is 1.26. The summed E-state index contributed by atoms with van der Waals surface area (Å²) in [6.45, 7) is 4.04. The highest BCUT2D eigenvalue weighted by Crippen LogP contribution is 2.03. The number of benzene rings is 1. The van der Waals surface area contributed by atoms with Gasteiger partial charge in [-0.15, -0.1) is 0 Å². The van der Waals surface area contributed by atoms with Crippen molar-refractivity contribution in [1.82, 2.24) is 10.6 Å². The van der Waals surface area contributed by atoms with Gasteiger partial charge in [-0.25, -0.2) is 0 Å². The summed E-state index contributed by atoms with van der Waals surface area (Å²) in [5.74, 6) is -0.321. The highest BCUT2D eigenvalue weighted by atomic mass is 16.2. The van der Waals surface area contributed by atoms with Gasteiger partial charge in [0.2, 0.25) is 11.8 Å². The summed E-state index contributed by atoms with van der Waals surface area (Å²) in [5, 5.41) is 5.49. The minimum Gasteiger partial charge on any atom is -0.354 e. The van der Waals surface area contributed by atoms with E-state index in [2.05, 4.69) is 10.6 Å². The van der Waals surface area contributed by atoms with Gasteiger partial charge < -0.3 is 10.6 Å². The lowest BCUT2D eigenvalue weighted by Gasteiger charge is -2.17. The van der Waals surface area contributed by atoms with Crippen molar-refractivity contribution in [2.24, 2.45) is 0 Å². The van der Waals surface area contributed by atoms with E-state index in [9.17, 15) is 9.59 Å². The molecule has 0 saturated carbocycles. The Hall–Kier alpha value is -1.84. The molecule has 0 aromatic heterocycles. The fraction of sp³-hybridized carbons (Fsp3) is 0.429. The van der Waals surface area contributed by atoms with E-state index in [1.54, 1.807) is 0 Å². The van der Waals surface area contributed by atoms with Gasteiger partial charge in [-0.05, 0) is 12.0 Å². The van der Waals surface area contributed by atoms with Gasteiger partial charge in [-0.1, -0.05) is 37.3 Å². The third-order valence-electron chi connectivity index (χ3n) is 2.53. The first-order valence-electron chi connectivity index (χ1n) is 6.22. The summed E-state index contributed by atoms with van der Waals surface area (Å²) in [7, 11) is 0. The van der Waals surface area contributed by atoms with Crippen LogP contribution >= 0.6 is 0 Å². The molecule has 18 heavy (non-hydrogen) atoms. The van der Waals surface area contributed by atoms with E-state index in [0.717, 1.165) is 12.0 Å². The zero-order chi connectivity index (χ0) is 13.4. The minimum atomic E-state index is -0.503. The maximum Gasteiger partial charge on any atom is 0.242 e. The Kier molecular flexibility index (Phi) is 5.91. The van der Waals surface area contributed by atoms with Crippen molar-refractivity contribution in [3.8, 4) is 0 Å². The molecule has 0 unspecified atom stereocenters. The molecular formula is C14H20N2O2. The Morgan fingerprint density at radius 1 is 1.22 bits per heavy atom. The number of carbonyl (C=O) groups excluding carboxylic acids is 2. The molecule has 0 fully saturated rings. The lowest BCUT2D eigenvalue weighted by molar-refractivity contribution is -0.128. The highest BCUT2D eigenvalue weighted by molar-refractivity contribution is 5.87. The van der Waals surface area contributed by atoms with E-state index in [0.29, 0.717) is 13.0 Å². The second kappa shape index (κ2) is 7.48. The first-order chi connectivity index (χ1) is 8.63. The second-order valence-corrected chi connectivity index (χ2v) is 4.23. The summed E-state index contributed by atoms with van der Waals surface area (Å²) < 4.78 is 0. The van der Waals surface area contributed by atoms with E-state index in [-0.39, 0.29) is 11.8 Å². The van der Waals surface area contributed by atoms with Crippen LogP contribution in [0.25, 0.3) is 0 Å². The molecule has 4 heteroatoms. The van der Waals surface area contributed by atoms with E-state index in [1.807, 2.05) is 37.3 Å². The Labute approximate surface area is 108 Å². The number of hydrogen-bond donors (Lipinski definition) is 2. The van der Waals surface area contributed by atoms with E-state index >= 15 is 0 Å². The van der Waals surface area contributed by atoms with Crippen molar-refractivity contribution in [2.45, 2.75) is 32.7 Å². The maximum absolute atomic E-state index is 11.9. The van der Waals surface area contributed by atoms with Gasteiger partial charge in [0.15, 0.2) is 0 Å². The molecule has 0 heterocycles. The van der Waals surface area contributed by atoms with Crippen LogP contribution in [0.15, 0.2) is 30.3 Å². The molecule has 1 rings (SSSR count). The Morgan fingerprint density at radius 2 is 1.89 bits per heavy atom. The van der Waals surface area contributed by atoms with Gasteiger partial charge in [0.25, 0.3) is 0 Å². The zero-order valence-corrected chi connectivity index (χ0v) is 10.9. The standard InChI is InChI=1S/C14H20N2O2/c1-3-9-15-14(18)13(16-11(2)17)10-12-7-5-4-6-8-12/h4-8,13H,3,9-10H2,1-2H3,(H,15,18)(H,16,17)/t13-/m0/s1. The summed E-state index contributed by atoms with van der Waals surface area (Å²) in [6.07, 6.45) is 1.39. The first-order valence-corrected chi connectivity index (χ1v) is 6.22. The van der Waals surface area contributed by atoms with Crippen LogP contribution in [-0.4, -0.2) is 24.4 Å². The summed E-state index contributed by atoms with van der Waals surface area (Å²) in [4.78, 5) is 23.0. The van der Waals surface area contributed by atoms with Crippen molar-refractivity contribution >= 4 is 11.8 Å². The van der Waals surface area contributed by atoms with Crippen LogP contribution < -0.4 is 10.6 Å². The average molecular weight is 248 g/mol. The SMILES string of the molecule is CCCNC(=O)[C@H](Cc1ccccc1)NC(C)=O. The molecule has 0 aliphatic heterocycles. The molecule has 1 atom stereocenters. The summed E-state index contributed by atoms with van der Waals surface area (Å²) in [5.41, 5.74) is 1.03. The van der Waals surface area contributed by atoms with Crippen molar-refractivity contribution in [1.29, 1.82) is 0 Å². The second-order valence-electron chi connectivity index (χ2n) is 4.23. The van der Waals surface area contributed by atoms with Crippen molar-refractivity contribution in [2.75, 3.05) is 6.54 Å². The molecule has 4 nitrogen and oxygen atoms in total. The molecule has 0 aliphatic carbocycles. The Balaban J connectivity index is 2.66. The molecule has 0 saturated heterocycles. The number of nitrogens with one attached hydrogen (secondary N) is 2. The van der Waals surface area contributed by atoms with Crippen LogP contribution in [0.4, 0.5) is 0 Å². The van der Waals surface area contributed by atoms with Crippen LogP contribution in [0.1, 0.15) is 25.8 Å². The zero-order valence-electron chi connectivity index (χ0n) is 10.9. The number of hydrogen-bond acceptors (Lipinski definition) is 2. The minimum absolute atomic E-state index is 0.129. The molecule has 0 bridgehead atoms. The van der Waals surface area contributed by atoms with Crippen LogP contribution in [-0.2, 0) is 16.0 Å². The Bertz CT molecular complexity index is 390. The van der Waals surface area contributed by atoms with E-state index in [4.69, 9.17) is 0 Å². The van der Waals surface area contributed by atoms with Gasteiger partial charge in [-0.3, -0.25) is 9.59 Å². The van der Waals surface area contributed by atoms with Gasteiger partial charge in [0, 0.05) is 19.9 Å². The number of carbonyl (C=O) groups is 2. The van der Waals surface area contributed by atoms with Crippen molar-refractivity contribution < 1.29 is 9.59 Å². The smallest absolute Gasteiger partial charge is 0.242 e. The fourth-order valence-electron chi connectivity index (χ4n) is 1.68. The molecule has 98 valence electrons. The first kappa shape index (κ1) is 14.2. The monoisotopic (exact) mass is 248 g/mol. The molecular weight excluding hydrogens is 228 g/mol. The quantitative estimate of drug-likeness (QED) is 0.796. The molecule has 1 aromatic carbocycles. The largest absolute Gasteiger partial charge is 0.354 e. The molecule has 0 spiro atoms. The maximum atomic E-state index is 11.9. The van der Waals surface area contributed by atoms with E-state index < -0.39 is 6.04 Å². The van der Waals surface area contributed by atoms with Crippen LogP contribution in [0.3, 0.4) is 0 Å². The molecule has 0 radical (unpaired) electrons. The highest BCUT2D eigenvalue weighted by Gasteiger charge is 2.19. The lowest BCUT2D eigenvalue weighted by atomic mass is 10.1. The third-order valence-corrected chi connectivity index (χ3v) is 2.53. The van der Waals surface area contributed by atoms with E-state index in [1.165, 1.54) is 6.92 Å². The topological polar surface area (TPSA) is 58.2 Å². The van der Waals surface area contributed by atoms with Gasteiger partial charge in [0.05, 0.1) is 0 Å². The molecule has 1 aromatic rings. The normalized spacial score (nSPS) is 11.7. The molecule has 0 aliphatic rings. The lowest BCUT2D eigenvalue weighted by Crippen LogP contribution is -2.47.